The van der Waals surface area contributed by atoms with Crippen molar-refractivity contribution < 1.29 is 0 Å². The van der Waals surface area contributed by atoms with Gasteiger partial charge in [0.25, 0.3) is 0 Å². The second kappa shape index (κ2) is 5.40. The van der Waals surface area contributed by atoms with Crippen LogP contribution in [0.5, 0.6) is 0 Å². The highest BCUT2D eigenvalue weighted by atomic mass is 15.2. The van der Waals surface area contributed by atoms with Gasteiger partial charge >= 0.3 is 0 Å². The summed E-state index contributed by atoms with van der Waals surface area (Å²) in [6.07, 6.45) is 7.53. The Labute approximate surface area is 107 Å². The second-order valence-corrected chi connectivity index (χ2v) is 4.08. The molecule has 1 aliphatic rings. The first-order chi connectivity index (χ1) is 8.72. The van der Waals surface area contributed by atoms with E-state index in [0.717, 1.165) is 22.5 Å². The van der Waals surface area contributed by atoms with Crippen LogP contribution in [0.3, 0.4) is 0 Å². The van der Waals surface area contributed by atoms with E-state index >= 15 is 0 Å². The maximum Gasteiger partial charge on any atom is 0.114 e. The van der Waals surface area contributed by atoms with Gasteiger partial charge in [0, 0.05) is 41.6 Å². The molecule has 1 aromatic heterocycles. The summed E-state index contributed by atoms with van der Waals surface area (Å²) < 4.78 is 0. The number of aromatic nitrogens is 1. The number of rotatable bonds is 3. The molecule has 0 aromatic carbocycles. The van der Waals surface area contributed by atoms with Crippen LogP contribution in [0.2, 0.25) is 0 Å². The zero-order chi connectivity index (χ0) is 13.0. The summed E-state index contributed by atoms with van der Waals surface area (Å²) in [5.41, 5.74) is 4.07. The van der Waals surface area contributed by atoms with Crippen LogP contribution >= 0.6 is 0 Å². The summed E-state index contributed by atoms with van der Waals surface area (Å²) in [5.74, 6) is 0. The summed E-state index contributed by atoms with van der Waals surface area (Å²) in [4.78, 5) is 14.5. The lowest BCUT2D eigenvalue weighted by molar-refractivity contribution is 0.474. The molecule has 0 atom stereocenters. The second-order valence-electron chi connectivity index (χ2n) is 4.08. The first-order valence-electron chi connectivity index (χ1n) is 5.75. The van der Waals surface area contributed by atoms with Gasteiger partial charge in [-0.2, -0.15) is 0 Å². The molecule has 1 aromatic rings. The molecule has 0 saturated carbocycles. The fraction of sp³-hybridized carbons (Fsp3) is 0.214. The highest BCUT2D eigenvalue weighted by Gasteiger charge is 2.10. The van der Waals surface area contributed by atoms with E-state index in [1.54, 1.807) is 6.20 Å². The molecule has 0 radical (unpaired) electrons. The molecule has 92 valence electrons. The molecule has 0 aliphatic carbocycles. The van der Waals surface area contributed by atoms with Crippen LogP contribution in [0.1, 0.15) is 19.4 Å². The smallest absolute Gasteiger partial charge is 0.114 e. The topological polar surface area (TPSA) is 40.9 Å². The van der Waals surface area contributed by atoms with E-state index in [0.29, 0.717) is 6.67 Å². The van der Waals surface area contributed by atoms with E-state index < -0.39 is 0 Å². The monoisotopic (exact) mass is 240 g/mol. The molecule has 4 nitrogen and oxygen atoms in total. The van der Waals surface area contributed by atoms with Crippen LogP contribution in [0.4, 0.5) is 0 Å². The average molecular weight is 240 g/mol. The molecule has 1 aliphatic heterocycles. The van der Waals surface area contributed by atoms with Crippen LogP contribution < -0.4 is 0 Å². The van der Waals surface area contributed by atoms with Crippen LogP contribution in [-0.4, -0.2) is 29.5 Å². The maximum atomic E-state index is 4.36. The molecule has 0 spiro atoms. The Morgan fingerprint density at radius 3 is 2.94 bits per heavy atom. The molecular weight excluding hydrogens is 224 g/mol. The largest absolute Gasteiger partial charge is 0.330 e. The molecule has 0 fully saturated rings. The van der Waals surface area contributed by atoms with E-state index in [2.05, 4.69) is 32.8 Å². The van der Waals surface area contributed by atoms with Crippen molar-refractivity contribution in [3.63, 3.8) is 0 Å². The molecule has 2 heterocycles. The van der Waals surface area contributed by atoms with E-state index in [9.17, 15) is 0 Å². The fourth-order valence-corrected chi connectivity index (χ4v) is 1.68. The molecule has 0 bridgehead atoms. The predicted octanol–water partition coefficient (Wildman–Crippen LogP) is 2.72. The van der Waals surface area contributed by atoms with Gasteiger partial charge in [-0.3, -0.25) is 15.0 Å². The number of hydrogen-bond acceptors (Lipinski definition) is 4. The molecule has 0 saturated heterocycles. The lowest BCUT2D eigenvalue weighted by Crippen LogP contribution is -2.20. The van der Waals surface area contributed by atoms with Gasteiger partial charge in [0.2, 0.25) is 0 Å². The van der Waals surface area contributed by atoms with Gasteiger partial charge in [-0.15, -0.1) is 0 Å². The summed E-state index contributed by atoms with van der Waals surface area (Å²) in [7, 11) is 0. The molecule has 0 unspecified atom stereocenters. The van der Waals surface area contributed by atoms with Gasteiger partial charge < -0.3 is 4.90 Å². The van der Waals surface area contributed by atoms with E-state index in [-0.39, 0.29) is 0 Å². The minimum Gasteiger partial charge on any atom is -0.330 e. The highest BCUT2D eigenvalue weighted by molar-refractivity contribution is 6.10. The Hall–Kier alpha value is -2.23. The quantitative estimate of drug-likeness (QED) is 0.762. The van der Waals surface area contributed by atoms with Crippen molar-refractivity contribution in [1.29, 1.82) is 0 Å². The van der Waals surface area contributed by atoms with E-state index in [1.807, 2.05) is 38.4 Å². The van der Waals surface area contributed by atoms with Gasteiger partial charge in [0.15, 0.2) is 0 Å². The lowest BCUT2D eigenvalue weighted by atomic mass is 10.1. The van der Waals surface area contributed by atoms with E-state index in [1.165, 1.54) is 0 Å². The minimum absolute atomic E-state index is 0.614. The standard InChI is InChI=1S/C14H16N4/c1-11(15-3)12(2)18-9-14(8-17-10-18)13-5-4-6-16-7-13/h4-9H,3,10H2,1-2H3/b12-11-. The summed E-state index contributed by atoms with van der Waals surface area (Å²) in [5, 5.41) is 0. The third-order valence-corrected chi connectivity index (χ3v) is 2.95. The zero-order valence-electron chi connectivity index (χ0n) is 10.7. The minimum atomic E-state index is 0.614. The van der Waals surface area contributed by atoms with E-state index in [4.69, 9.17) is 0 Å². The Balaban J connectivity index is 2.32. The van der Waals surface area contributed by atoms with Gasteiger partial charge in [-0.25, -0.2) is 0 Å². The maximum absolute atomic E-state index is 4.36. The van der Waals surface area contributed by atoms with Crippen molar-refractivity contribution >= 4 is 18.5 Å². The van der Waals surface area contributed by atoms with Gasteiger partial charge in [-0.1, -0.05) is 6.07 Å². The van der Waals surface area contributed by atoms with Crippen molar-refractivity contribution in [1.82, 2.24) is 9.88 Å². The number of pyridine rings is 1. The van der Waals surface area contributed by atoms with Crippen molar-refractivity contribution in [2.24, 2.45) is 9.98 Å². The first-order valence-corrected chi connectivity index (χ1v) is 5.75. The van der Waals surface area contributed by atoms with Crippen molar-refractivity contribution in [2.45, 2.75) is 13.8 Å². The summed E-state index contributed by atoms with van der Waals surface area (Å²) in [6, 6.07) is 3.94. The van der Waals surface area contributed by atoms with Gasteiger partial charge in [0.05, 0.1) is 5.70 Å². The first kappa shape index (κ1) is 12.2. The molecule has 2 rings (SSSR count). The predicted molar refractivity (Wildman–Crippen MR) is 75.3 cm³/mol. The summed E-state index contributed by atoms with van der Waals surface area (Å²) >= 11 is 0. The summed E-state index contributed by atoms with van der Waals surface area (Å²) in [6.45, 7) is 8.12. The Kier molecular flexibility index (Phi) is 3.67. The molecular formula is C14H16N4. The SMILES string of the molecule is C=N/C(C)=C(/C)N1C=C(c2cccnc2)C=NC1. The normalized spacial score (nSPS) is 16.1. The molecule has 18 heavy (non-hydrogen) atoms. The Morgan fingerprint density at radius 1 is 1.44 bits per heavy atom. The third kappa shape index (κ3) is 2.53. The number of allylic oxidation sites excluding steroid dienone is 3. The van der Waals surface area contributed by atoms with Crippen LogP contribution in [0.15, 0.2) is 52.1 Å². The third-order valence-electron chi connectivity index (χ3n) is 2.95. The van der Waals surface area contributed by atoms with Crippen molar-refractivity contribution in [3.8, 4) is 0 Å². The highest BCUT2D eigenvalue weighted by Crippen LogP contribution is 2.19. The van der Waals surface area contributed by atoms with Gasteiger partial charge in [-0.05, 0) is 26.6 Å². The zero-order valence-corrected chi connectivity index (χ0v) is 10.7. The lowest BCUT2D eigenvalue weighted by Gasteiger charge is -2.24. The number of aliphatic imine (C=N–C) groups is 2. The average Bonchev–Trinajstić information content (AvgIpc) is 2.46. The molecule has 0 N–H and O–H groups in total. The Bertz CT molecular complexity index is 526. The van der Waals surface area contributed by atoms with Crippen LogP contribution in [0.25, 0.3) is 5.57 Å². The van der Waals surface area contributed by atoms with Crippen LogP contribution in [0, 0.1) is 0 Å². The fourth-order valence-electron chi connectivity index (χ4n) is 1.68. The number of nitrogens with zero attached hydrogens (tertiary/aromatic N) is 4. The molecule has 0 amide bonds. The Morgan fingerprint density at radius 2 is 2.28 bits per heavy atom. The molecule has 4 heteroatoms. The van der Waals surface area contributed by atoms with Crippen LogP contribution in [-0.2, 0) is 0 Å². The van der Waals surface area contributed by atoms with Crippen molar-refractivity contribution in [2.75, 3.05) is 6.67 Å². The van der Waals surface area contributed by atoms with Crippen molar-refractivity contribution in [3.05, 3.63) is 47.7 Å². The number of hydrogen-bond donors (Lipinski definition) is 0. The van der Waals surface area contributed by atoms with Gasteiger partial charge in [0.1, 0.15) is 6.67 Å².